The zero-order chi connectivity index (χ0) is 14.4. The van der Waals surface area contributed by atoms with Crippen LogP contribution in [0.5, 0.6) is 11.5 Å². The van der Waals surface area contributed by atoms with Crippen molar-refractivity contribution in [2.45, 2.75) is 13.0 Å². The normalized spacial score (nSPS) is 11.9. The van der Waals surface area contributed by atoms with E-state index in [2.05, 4.69) is 15.9 Å². The van der Waals surface area contributed by atoms with Gasteiger partial charge in [0.25, 0.3) is 0 Å². The third-order valence-electron chi connectivity index (χ3n) is 2.80. The molecule has 2 aromatic rings. The van der Waals surface area contributed by atoms with Crippen LogP contribution >= 0.6 is 15.9 Å². The van der Waals surface area contributed by atoms with Gasteiger partial charge in [-0.1, -0.05) is 34.1 Å². The molecule has 0 spiro atoms. The first-order chi connectivity index (χ1) is 9.65. The van der Waals surface area contributed by atoms with Crippen LogP contribution in [0.3, 0.4) is 0 Å². The summed E-state index contributed by atoms with van der Waals surface area (Å²) in [6, 6.07) is 15.6. The van der Waals surface area contributed by atoms with Crippen molar-refractivity contribution >= 4 is 15.9 Å². The highest BCUT2D eigenvalue weighted by atomic mass is 79.9. The van der Waals surface area contributed by atoms with E-state index in [-0.39, 0.29) is 6.04 Å². The molecule has 0 fully saturated rings. The fourth-order valence-corrected chi connectivity index (χ4v) is 2.14. The molecule has 3 nitrogen and oxygen atoms in total. The molecule has 0 bridgehead atoms. The van der Waals surface area contributed by atoms with Gasteiger partial charge in [0.05, 0.1) is 0 Å². The van der Waals surface area contributed by atoms with Gasteiger partial charge < -0.3 is 15.2 Å². The maximum absolute atomic E-state index is 5.84. The Labute approximate surface area is 127 Å². The zero-order valence-corrected chi connectivity index (χ0v) is 13.0. The average molecular weight is 336 g/mol. The molecule has 0 aliphatic rings. The Morgan fingerprint density at radius 3 is 2.20 bits per heavy atom. The summed E-state index contributed by atoms with van der Waals surface area (Å²) in [5, 5.41) is 0. The van der Waals surface area contributed by atoms with E-state index in [1.807, 2.05) is 55.5 Å². The van der Waals surface area contributed by atoms with E-state index >= 15 is 0 Å². The fourth-order valence-electron chi connectivity index (χ4n) is 1.76. The Bertz CT molecular complexity index is 558. The molecule has 0 aromatic heterocycles. The Balaban J connectivity index is 1.80. The molecule has 0 saturated heterocycles. The minimum absolute atomic E-state index is 0.0106. The lowest BCUT2D eigenvalue weighted by Gasteiger charge is -2.11. The molecule has 0 aliphatic heterocycles. The minimum atomic E-state index is 0.0106. The van der Waals surface area contributed by atoms with Gasteiger partial charge in [-0.25, -0.2) is 0 Å². The van der Waals surface area contributed by atoms with Crippen LogP contribution in [0.4, 0.5) is 0 Å². The van der Waals surface area contributed by atoms with Gasteiger partial charge in [0, 0.05) is 10.5 Å². The van der Waals surface area contributed by atoms with Crippen molar-refractivity contribution in [3.63, 3.8) is 0 Å². The maximum atomic E-state index is 5.84. The Hall–Kier alpha value is -1.52. The molecule has 0 unspecified atom stereocenters. The molecule has 20 heavy (non-hydrogen) atoms. The molecule has 4 heteroatoms. The number of hydrogen-bond donors (Lipinski definition) is 1. The molecule has 0 heterocycles. The fraction of sp³-hybridized carbons (Fsp3) is 0.250. The molecule has 0 amide bonds. The molecule has 2 aromatic carbocycles. The van der Waals surface area contributed by atoms with Crippen LogP contribution in [0.1, 0.15) is 18.5 Å². The van der Waals surface area contributed by atoms with Crippen molar-refractivity contribution in [3.8, 4) is 11.5 Å². The summed E-state index contributed by atoms with van der Waals surface area (Å²) in [4.78, 5) is 0. The second kappa shape index (κ2) is 7.31. The summed E-state index contributed by atoms with van der Waals surface area (Å²) in [5.74, 6) is 1.64. The van der Waals surface area contributed by atoms with Crippen molar-refractivity contribution in [1.82, 2.24) is 0 Å². The molecule has 2 rings (SSSR count). The average Bonchev–Trinajstić information content (AvgIpc) is 2.44. The largest absolute Gasteiger partial charge is 0.490 e. The van der Waals surface area contributed by atoms with E-state index in [1.165, 1.54) is 0 Å². The molecular weight excluding hydrogens is 318 g/mol. The molecule has 0 radical (unpaired) electrons. The van der Waals surface area contributed by atoms with E-state index in [0.29, 0.717) is 13.2 Å². The van der Waals surface area contributed by atoms with Gasteiger partial charge in [-0.2, -0.15) is 0 Å². The summed E-state index contributed by atoms with van der Waals surface area (Å²) >= 11 is 3.41. The number of benzene rings is 2. The molecule has 1 atom stereocenters. The molecule has 0 saturated carbocycles. The highest BCUT2D eigenvalue weighted by molar-refractivity contribution is 9.10. The van der Waals surface area contributed by atoms with Gasteiger partial charge in [0.2, 0.25) is 0 Å². The third-order valence-corrected chi connectivity index (χ3v) is 3.29. The second-order valence-electron chi connectivity index (χ2n) is 4.52. The van der Waals surface area contributed by atoms with Crippen molar-refractivity contribution in [2.75, 3.05) is 13.2 Å². The Morgan fingerprint density at radius 1 is 1.00 bits per heavy atom. The van der Waals surface area contributed by atoms with Crippen LogP contribution in [0, 0.1) is 0 Å². The SMILES string of the molecule is C[C@@H](N)c1cccc(OCCOc2cccc(Br)c2)c1. The van der Waals surface area contributed by atoms with Gasteiger partial charge in [-0.3, -0.25) is 0 Å². The van der Waals surface area contributed by atoms with E-state index < -0.39 is 0 Å². The first-order valence-corrected chi connectivity index (χ1v) is 7.31. The standard InChI is InChI=1S/C16H18BrNO2/c1-12(18)13-4-2-6-15(10-13)19-8-9-20-16-7-3-5-14(17)11-16/h2-7,10-12H,8-9,18H2,1H3/t12-/m1/s1. The highest BCUT2D eigenvalue weighted by Crippen LogP contribution is 2.19. The van der Waals surface area contributed by atoms with E-state index in [4.69, 9.17) is 15.2 Å². The van der Waals surface area contributed by atoms with Gasteiger partial charge in [-0.05, 0) is 42.8 Å². The van der Waals surface area contributed by atoms with Gasteiger partial charge in [-0.15, -0.1) is 0 Å². The lowest BCUT2D eigenvalue weighted by molar-refractivity contribution is 0.217. The smallest absolute Gasteiger partial charge is 0.122 e. The van der Waals surface area contributed by atoms with Gasteiger partial charge in [0.1, 0.15) is 24.7 Å². The molecule has 106 valence electrons. The summed E-state index contributed by atoms with van der Waals surface area (Å²) in [6.07, 6.45) is 0. The lowest BCUT2D eigenvalue weighted by Crippen LogP contribution is -2.10. The van der Waals surface area contributed by atoms with Crippen molar-refractivity contribution in [1.29, 1.82) is 0 Å². The number of halogens is 1. The summed E-state index contributed by atoms with van der Waals surface area (Å²) < 4.78 is 12.3. The predicted molar refractivity (Wildman–Crippen MR) is 84.2 cm³/mol. The molecular formula is C16H18BrNO2. The monoisotopic (exact) mass is 335 g/mol. The van der Waals surface area contributed by atoms with E-state index in [1.54, 1.807) is 0 Å². The Morgan fingerprint density at radius 2 is 1.60 bits per heavy atom. The zero-order valence-electron chi connectivity index (χ0n) is 11.4. The summed E-state index contributed by atoms with van der Waals surface area (Å²) in [7, 11) is 0. The first-order valence-electron chi connectivity index (χ1n) is 6.52. The van der Waals surface area contributed by atoms with Crippen LogP contribution in [-0.4, -0.2) is 13.2 Å². The minimum Gasteiger partial charge on any atom is -0.490 e. The van der Waals surface area contributed by atoms with E-state index in [0.717, 1.165) is 21.5 Å². The number of hydrogen-bond acceptors (Lipinski definition) is 3. The van der Waals surface area contributed by atoms with Crippen LogP contribution in [0.15, 0.2) is 53.0 Å². The second-order valence-corrected chi connectivity index (χ2v) is 5.43. The topological polar surface area (TPSA) is 44.5 Å². The van der Waals surface area contributed by atoms with Crippen LogP contribution in [0.25, 0.3) is 0 Å². The summed E-state index contributed by atoms with van der Waals surface area (Å²) in [6.45, 7) is 2.95. The first kappa shape index (κ1) is 14.9. The number of ether oxygens (including phenoxy) is 2. The quantitative estimate of drug-likeness (QED) is 0.813. The highest BCUT2D eigenvalue weighted by Gasteiger charge is 2.01. The van der Waals surface area contributed by atoms with Crippen LogP contribution in [-0.2, 0) is 0 Å². The summed E-state index contributed by atoms with van der Waals surface area (Å²) in [5.41, 5.74) is 6.91. The maximum Gasteiger partial charge on any atom is 0.122 e. The number of nitrogens with two attached hydrogens (primary N) is 1. The molecule has 2 N–H and O–H groups in total. The number of rotatable bonds is 6. The van der Waals surface area contributed by atoms with Crippen LogP contribution in [0.2, 0.25) is 0 Å². The van der Waals surface area contributed by atoms with Gasteiger partial charge >= 0.3 is 0 Å². The van der Waals surface area contributed by atoms with E-state index in [9.17, 15) is 0 Å². The van der Waals surface area contributed by atoms with Crippen LogP contribution < -0.4 is 15.2 Å². The van der Waals surface area contributed by atoms with Crippen molar-refractivity contribution in [2.24, 2.45) is 5.73 Å². The van der Waals surface area contributed by atoms with Gasteiger partial charge in [0.15, 0.2) is 0 Å². The Kier molecular flexibility index (Phi) is 5.44. The molecule has 0 aliphatic carbocycles. The predicted octanol–water partition coefficient (Wildman–Crippen LogP) is 3.93. The lowest BCUT2D eigenvalue weighted by atomic mass is 10.1. The van der Waals surface area contributed by atoms with Crippen molar-refractivity contribution in [3.05, 3.63) is 58.6 Å². The van der Waals surface area contributed by atoms with Crippen molar-refractivity contribution < 1.29 is 9.47 Å². The third kappa shape index (κ3) is 4.54.